The van der Waals surface area contributed by atoms with Crippen molar-refractivity contribution in [3.8, 4) is 0 Å². The zero-order valence-corrected chi connectivity index (χ0v) is 17.8. The van der Waals surface area contributed by atoms with Gasteiger partial charge in [-0.3, -0.25) is 9.59 Å². The van der Waals surface area contributed by atoms with Gasteiger partial charge in [-0.1, -0.05) is 41.9 Å². The lowest BCUT2D eigenvalue weighted by Crippen LogP contribution is -2.31. The highest BCUT2D eigenvalue weighted by atomic mass is 35.5. The van der Waals surface area contributed by atoms with Gasteiger partial charge in [0, 0.05) is 27.7 Å². The smallest absolute Gasteiger partial charge is 0.308 e. The van der Waals surface area contributed by atoms with Crippen molar-refractivity contribution in [2.45, 2.75) is 16.6 Å². The second-order valence-corrected chi connectivity index (χ2v) is 8.54. The highest BCUT2D eigenvalue weighted by Gasteiger charge is 2.40. The van der Waals surface area contributed by atoms with Gasteiger partial charge in [-0.15, -0.1) is 11.8 Å². The van der Waals surface area contributed by atoms with E-state index in [1.807, 2.05) is 24.3 Å². The molecule has 3 aromatic carbocycles. The van der Waals surface area contributed by atoms with Crippen LogP contribution in [0.1, 0.15) is 6.42 Å². The molecule has 4 amide bonds. The van der Waals surface area contributed by atoms with Gasteiger partial charge in [-0.2, -0.15) is 0 Å². The Morgan fingerprint density at radius 2 is 1.61 bits per heavy atom. The van der Waals surface area contributed by atoms with Crippen molar-refractivity contribution in [2.24, 2.45) is 0 Å². The molecule has 1 fully saturated rings. The molecule has 1 atom stereocenters. The summed E-state index contributed by atoms with van der Waals surface area (Å²) in [5.74, 6) is -0.543. The van der Waals surface area contributed by atoms with E-state index in [1.165, 1.54) is 16.7 Å². The number of carbonyl (C=O) groups excluding carboxylic acids is 3. The summed E-state index contributed by atoms with van der Waals surface area (Å²) in [7, 11) is 0. The van der Waals surface area contributed by atoms with E-state index in [2.05, 4.69) is 10.6 Å². The van der Waals surface area contributed by atoms with E-state index in [0.29, 0.717) is 22.1 Å². The lowest BCUT2D eigenvalue weighted by Gasteiger charge is -2.15. The summed E-state index contributed by atoms with van der Waals surface area (Å²) in [5.41, 5.74) is 1.74. The average molecular weight is 452 g/mol. The number of halogens is 1. The first-order chi connectivity index (χ1) is 15.0. The number of anilines is 3. The minimum Gasteiger partial charge on any atom is -0.308 e. The molecular formula is C23H18ClN3O3S. The Kier molecular flexibility index (Phi) is 6.25. The summed E-state index contributed by atoms with van der Waals surface area (Å²) in [5, 5.41) is 5.45. The van der Waals surface area contributed by atoms with Gasteiger partial charge in [0.1, 0.15) is 0 Å². The van der Waals surface area contributed by atoms with Crippen LogP contribution in [0, 0.1) is 0 Å². The Morgan fingerprint density at radius 1 is 0.903 bits per heavy atom. The van der Waals surface area contributed by atoms with E-state index in [9.17, 15) is 14.4 Å². The van der Waals surface area contributed by atoms with Crippen LogP contribution in [-0.2, 0) is 9.59 Å². The van der Waals surface area contributed by atoms with Crippen molar-refractivity contribution in [1.29, 1.82) is 0 Å². The molecule has 1 unspecified atom stereocenters. The number of urea groups is 1. The molecule has 0 bridgehead atoms. The molecule has 0 aromatic heterocycles. The van der Waals surface area contributed by atoms with E-state index in [4.69, 9.17) is 11.6 Å². The molecule has 1 aliphatic heterocycles. The number of nitrogens with one attached hydrogen (secondary N) is 2. The molecular weight excluding hydrogens is 434 g/mol. The van der Waals surface area contributed by atoms with Crippen LogP contribution in [0.25, 0.3) is 0 Å². The highest BCUT2D eigenvalue weighted by molar-refractivity contribution is 8.00. The van der Waals surface area contributed by atoms with Crippen molar-refractivity contribution < 1.29 is 14.4 Å². The fraction of sp³-hybridized carbons (Fsp3) is 0.0870. The minimum absolute atomic E-state index is 0.0994. The molecule has 156 valence electrons. The van der Waals surface area contributed by atoms with Gasteiger partial charge in [0.25, 0.3) is 0 Å². The number of amides is 4. The summed E-state index contributed by atoms with van der Waals surface area (Å²) in [6.07, 6.45) is 0.0994. The van der Waals surface area contributed by atoms with E-state index in [0.717, 1.165) is 4.90 Å². The Labute approximate surface area is 188 Å². The summed E-state index contributed by atoms with van der Waals surface area (Å²) < 4.78 is 0. The number of benzene rings is 3. The lowest BCUT2D eigenvalue weighted by molar-refractivity contribution is -0.121. The average Bonchev–Trinajstić information content (AvgIpc) is 3.02. The molecule has 31 heavy (non-hydrogen) atoms. The van der Waals surface area contributed by atoms with Crippen LogP contribution in [0.3, 0.4) is 0 Å². The monoisotopic (exact) mass is 451 g/mol. The molecule has 3 aromatic rings. The number of nitrogens with zero attached hydrogens (tertiary/aromatic N) is 1. The molecule has 0 saturated carbocycles. The number of carbonyl (C=O) groups is 3. The molecule has 0 radical (unpaired) electrons. The quantitative estimate of drug-likeness (QED) is 0.508. The minimum atomic E-state index is -0.542. The molecule has 2 N–H and O–H groups in total. The zero-order chi connectivity index (χ0) is 21.8. The standard InChI is InChI=1S/C23H18ClN3O3S/c24-15-6-4-10-18(12-15)27-21(28)14-20(22(27)29)31-19-11-5-9-17(13-19)26-23(30)25-16-7-2-1-3-8-16/h1-13,20H,14H2,(H2,25,26,30). The normalized spacial score (nSPS) is 15.8. The summed E-state index contributed by atoms with van der Waals surface area (Å²) in [4.78, 5) is 39.5. The highest BCUT2D eigenvalue weighted by Crippen LogP contribution is 2.35. The van der Waals surface area contributed by atoms with Crippen molar-refractivity contribution in [3.05, 3.63) is 83.9 Å². The second-order valence-electron chi connectivity index (χ2n) is 6.83. The van der Waals surface area contributed by atoms with E-state index < -0.39 is 5.25 Å². The van der Waals surface area contributed by atoms with Crippen molar-refractivity contribution in [3.63, 3.8) is 0 Å². The largest absolute Gasteiger partial charge is 0.323 e. The Morgan fingerprint density at radius 3 is 2.39 bits per heavy atom. The molecule has 0 spiro atoms. The third-order valence-corrected chi connectivity index (χ3v) is 5.99. The van der Waals surface area contributed by atoms with Crippen LogP contribution >= 0.6 is 23.4 Å². The molecule has 1 heterocycles. The topological polar surface area (TPSA) is 78.5 Å². The molecule has 1 aliphatic rings. The molecule has 0 aliphatic carbocycles. The molecule has 1 saturated heterocycles. The van der Waals surface area contributed by atoms with Crippen LogP contribution in [0.15, 0.2) is 83.8 Å². The van der Waals surface area contributed by atoms with Gasteiger partial charge in [0.05, 0.1) is 10.9 Å². The van der Waals surface area contributed by atoms with Crippen LogP contribution in [0.5, 0.6) is 0 Å². The van der Waals surface area contributed by atoms with Crippen molar-refractivity contribution in [2.75, 3.05) is 15.5 Å². The maximum Gasteiger partial charge on any atom is 0.323 e. The predicted molar refractivity (Wildman–Crippen MR) is 124 cm³/mol. The molecule has 6 nitrogen and oxygen atoms in total. The number of imide groups is 1. The van der Waals surface area contributed by atoms with Gasteiger partial charge in [0.2, 0.25) is 11.8 Å². The number of para-hydroxylation sites is 1. The van der Waals surface area contributed by atoms with Gasteiger partial charge in [0.15, 0.2) is 0 Å². The first-order valence-corrected chi connectivity index (χ1v) is 10.8. The molecule has 4 rings (SSSR count). The van der Waals surface area contributed by atoms with Crippen LogP contribution < -0.4 is 15.5 Å². The van der Waals surface area contributed by atoms with Gasteiger partial charge < -0.3 is 10.6 Å². The van der Waals surface area contributed by atoms with Gasteiger partial charge in [-0.25, -0.2) is 9.69 Å². The second kappa shape index (κ2) is 9.24. The SMILES string of the molecule is O=C(Nc1ccccc1)Nc1cccc(SC2CC(=O)N(c3cccc(Cl)c3)C2=O)c1. The summed E-state index contributed by atoms with van der Waals surface area (Å²) in [6, 6.07) is 22.6. The first kappa shape index (κ1) is 21.0. The van der Waals surface area contributed by atoms with Crippen LogP contribution in [-0.4, -0.2) is 23.1 Å². The van der Waals surface area contributed by atoms with E-state index in [-0.39, 0.29) is 24.3 Å². The van der Waals surface area contributed by atoms with E-state index in [1.54, 1.807) is 54.6 Å². The molecule has 8 heteroatoms. The van der Waals surface area contributed by atoms with Gasteiger partial charge in [-0.05, 0) is 48.5 Å². The zero-order valence-electron chi connectivity index (χ0n) is 16.2. The predicted octanol–water partition coefficient (Wildman–Crippen LogP) is 5.41. The third kappa shape index (κ3) is 5.07. The van der Waals surface area contributed by atoms with Crippen molar-refractivity contribution >= 4 is 58.3 Å². The van der Waals surface area contributed by atoms with Gasteiger partial charge >= 0.3 is 6.03 Å². The summed E-state index contributed by atoms with van der Waals surface area (Å²) >= 11 is 7.29. The van der Waals surface area contributed by atoms with Crippen LogP contribution in [0.4, 0.5) is 21.9 Å². The fourth-order valence-electron chi connectivity index (χ4n) is 3.21. The summed E-state index contributed by atoms with van der Waals surface area (Å²) in [6.45, 7) is 0. The lowest BCUT2D eigenvalue weighted by atomic mass is 10.3. The number of hydrogen-bond acceptors (Lipinski definition) is 4. The third-order valence-electron chi connectivity index (χ3n) is 4.57. The Bertz CT molecular complexity index is 1140. The van der Waals surface area contributed by atoms with Crippen molar-refractivity contribution in [1.82, 2.24) is 0 Å². The Balaban J connectivity index is 1.42. The first-order valence-electron chi connectivity index (χ1n) is 9.52. The number of hydrogen-bond donors (Lipinski definition) is 2. The van der Waals surface area contributed by atoms with Crippen LogP contribution in [0.2, 0.25) is 5.02 Å². The van der Waals surface area contributed by atoms with E-state index >= 15 is 0 Å². The fourth-order valence-corrected chi connectivity index (χ4v) is 4.51. The maximum absolute atomic E-state index is 12.9. The number of rotatable bonds is 5. The maximum atomic E-state index is 12.9. The Hall–Kier alpha value is -3.29. The number of thioether (sulfide) groups is 1.